The largest absolute Gasteiger partial charge is 0.314 e. The summed E-state index contributed by atoms with van der Waals surface area (Å²) in [5, 5.41) is 3.33. The van der Waals surface area contributed by atoms with E-state index in [1.165, 1.54) is 5.56 Å². The third-order valence-corrected chi connectivity index (χ3v) is 4.12. The fourth-order valence-electron chi connectivity index (χ4n) is 2.72. The first-order valence-electron chi connectivity index (χ1n) is 7.23. The molecule has 1 saturated heterocycles. The number of nitrogens with one attached hydrogen (secondary N) is 1. The molecule has 1 aromatic rings. The maximum atomic E-state index is 12.8. The number of likely N-dealkylation sites (N-methyl/N-ethyl adjacent to an activating group) is 1. The van der Waals surface area contributed by atoms with E-state index in [0.29, 0.717) is 0 Å². The number of piperazine rings is 1. The highest BCUT2D eigenvalue weighted by Crippen LogP contribution is 2.22. The molecule has 110 valence electrons. The highest BCUT2D eigenvalue weighted by atomic mass is 16.2. The van der Waals surface area contributed by atoms with Gasteiger partial charge in [0.2, 0.25) is 5.91 Å². The van der Waals surface area contributed by atoms with Crippen molar-refractivity contribution >= 4 is 11.6 Å². The fourth-order valence-corrected chi connectivity index (χ4v) is 2.72. The van der Waals surface area contributed by atoms with E-state index >= 15 is 0 Å². The fraction of sp³-hybridized carbons (Fsp3) is 0.562. The zero-order chi connectivity index (χ0) is 14.8. The van der Waals surface area contributed by atoms with Crippen molar-refractivity contribution in [2.45, 2.75) is 26.3 Å². The molecule has 0 spiro atoms. The highest BCUT2D eigenvalue weighted by Gasteiger charge is 2.37. The zero-order valence-corrected chi connectivity index (χ0v) is 12.9. The van der Waals surface area contributed by atoms with Crippen LogP contribution in [0.5, 0.6) is 0 Å². The molecule has 1 aliphatic heterocycles. The molecule has 1 fully saturated rings. The summed E-state index contributed by atoms with van der Waals surface area (Å²) in [4.78, 5) is 16.9. The van der Waals surface area contributed by atoms with Gasteiger partial charge in [0.1, 0.15) is 0 Å². The average molecular weight is 275 g/mol. The van der Waals surface area contributed by atoms with E-state index in [1.54, 1.807) is 4.90 Å². The van der Waals surface area contributed by atoms with Crippen molar-refractivity contribution in [1.82, 2.24) is 10.2 Å². The quantitative estimate of drug-likeness (QED) is 0.911. The minimum absolute atomic E-state index is 0.144. The van der Waals surface area contributed by atoms with Crippen molar-refractivity contribution in [3.05, 3.63) is 29.8 Å². The Labute approximate surface area is 121 Å². The monoisotopic (exact) mass is 275 g/mol. The summed E-state index contributed by atoms with van der Waals surface area (Å²) >= 11 is 0. The molecule has 0 atom stereocenters. The molecule has 0 aromatic heterocycles. The van der Waals surface area contributed by atoms with Gasteiger partial charge >= 0.3 is 0 Å². The van der Waals surface area contributed by atoms with Crippen molar-refractivity contribution < 1.29 is 4.79 Å². The van der Waals surface area contributed by atoms with Gasteiger partial charge in [0.05, 0.1) is 5.54 Å². The Morgan fingerprint density at radius 3 is 2.55 bits per heavy atom. The van der Waals surface area contributed by atoms with Crippen molar-refractivity contribution in [2.24, 2.45) is 0 Å². The Morgan fingerprint density at radius 1 is 1.30 bits per heavy atom. The second-order valence-corrected chi connectivity index (χ2v) is 6.00. The minimum atomic E-state index is -0.472. The third-order valence-electron chi connectivity index (χ3n) is 4.12. The second kappa shape index (κ2) is 5.94. The molecule has 4 heteroatoms. The van der Waals surface area contributed by atoms with Gasteiger partial charge in [-0.05, 0) is 38.5 Å². The number of rotatable bonds is 3. The highest BCUT2D eigenvalue weighted by molar-refractivity contribution is 5.99. The molecule has 4 nitrogen and oxygen atoms in total. The molecule has 0 bridgehead atoms. The van der Waals surface area contributed by atoms with Crippen LogP contribution in [-0.4, -0.2) is 49.6 Å². The molecule has 0 radical (unpaired) electrons. The summed E-state index contributed by atoms with van der Waals surface area (Å²) < 4.78 is 0. The van der Waals surface area contributed by atoms with E-state index in [2.05, 4.69) is 10.2 Å². The number of hydrogen-bond donors (Lipinski definition) is 1. The third kappa shape index (κ3) is 3.02. The van der Waals surface area contributed by atoms with Gasteiger partial charge < -0.3 is 10.2 Å². The van der Waals surface area contributed by atoms with Crippen molar-refractivity contribution in [2.75, 3.05) is 38.1 Å². The van der Waals surface area contributed by atoms with Gasteiger partial charge in [0.25, 0.3) is 0 Å². The van der Waals surface area contributed by atoms with E-state index in [-0.39, 0.29) is 5.91 Å². The molecule has 1 N–H and O–H groups in total. The summed E-state index contributed by atoms with van der Waals surface area (Å²) in [5.74, 6) is 0.144. The van der Waals surface area contributed by atoms with E-state index in [9.17, 15) is 4.79 Å². The molecule has 0 unspecified atom stereocenters. The predicted octanol–water partition coefficient (Wildman–Crippen LogP) is 1.64. The van der Waals surface area contributed by atoms with E-state index in [4.69, 9.17) is 0 Å². The van der Waals surface area contributed by atoms with Gasteiger partial charge in [-0.2, -0.15) is 0 Å². The molecule has 0 aliphatic carbocycles. The summed E-state index contributed by atoms with van der Waals surface area (Å²) in [7, 11) is 1.86. The second-order valence-electron chi connectivity index (χ2n) is 6.00. The lowest BCUT2D eigenvalue weighted by atomic mass is 9.99. The molecule has 2 rings (SSSR count). The Hall–Kier alpha value is -1.39. The Morgan fingerprint density at radius 2 is 1.95 bits per heavy atom. The van der Waals surface area contributed by atoms with Crippen LogP contribution in [-0.2, 0) is 4.79 Å². The summed E-state index contributed by atoms with van der Waals surface area (Å²) in [6.07, 6.45) is 0. The van der Waals surface area contributed by atoms with Gasteiger partial charge in [-0.1, -0.05) is 12.1 Å². The van der Waals surface area contributed by atoms with Crippen LogP contribution in [0.25, 0.3) is 0 Å². The lowest BCUT2D eigenvalue weighted by Crippen LogP contribution is -2.60. The molecule has 1 amide bonds. The number of hydrogen-bond acceptors (Lipinski definition) is 3. The van der Waals surface area contributed by atoms with Gasteiger partial charge in [0.15, 0.2) is 0 Å². The average Bonchev–Trinajstić information content (AvgIpc) is 2.46. The van der Waals surface area contributed by atoms with Crippen molar-refractivity contribution in [3.63, 3.8) is 0 Å². The topological polar surface area (TPSA) is 35.6 Å². The Bertz CT molecular complexity index is 478. The first-order chi connectivity index (χ1) is 9.43. The van der Waals surface area contributed by atoms with Crippen LogP contribution in [0.2, 0.25) is 0 Å². The lowest BCUT2D eigenvalue weighted by molar-refractivity contribution is -0.129. The molecular formula is C16H25N3O. The number of nitrogens with zero attached hydrogens (tertiary/aromatic N) is 2. The molecule has 1 heterocycles. The van der Waals surface area contributed by atoms with Crippen LogP contribution in [0.4, 0.5) is 5.69 Å². The van der Waals surface area contributed by atoms with Gasteiger partial charge in [-0.3, -0.25) is 9.69 Å². The normalized spacial score (nSPS) is 17.0. The molecule has 20 heavy (non-hydrogen) atoms. The molecule has 1 aromatic carbocycles. The van der Waals surface area contributed by atoms with Crippen LogP contribution in [0.3, 0.4) is 0 Å². The maximum Gasteiger partial charge on any atom is 0.246 e. The van der Waals surface area contributed by atoms with Crippen LogP contribution >= 0.6 is 0 Å². The molecule has 1 aliphatic rings. The summed E-state index contributed by atoms with van der Waals surface area (Å²) in [6, 6.07) is 8.07. The van der Waals surface area contributed by atoms with Crippen molar-refractivity contribution in [1.29, 1.82) is 0 Å². The van der Waals surface area contributed by atoms with E-state index < -0.39 is 5.54 Å². The lowest BCUT2D eigenvalue weighted by Gasteiger charge is -2.41. The van der Waals surface area contributed by atoms with Crippen molar-refractivity contribution in [3.8, 4) is 0 Å². The summed E-state index contributed by atoms with van der Waals surface area (Å²) in [6.45, 7) is 9.82. The summed E-state index contributed by atoms with van der Waals surface area (Å²) in [5.41, 5.74) is 1.65. The SMILES string of the molecule is Cc1cccc(N(C)C(=O)C(C)(C)N2CCNCC2)c1. The van der Waals surface area contributed by atoms with Gasteiger partial charge in [0, 0.05) is 38.9 Å². The maximum absolute atomic E-state index is 12.8. The number of carbonyl (C=O) groups is 1. The number of benzene rings is 1. The first kappa shape index (κ1) is 15.0. The van der Waals surface area contributed by atoms with Crippen LogP contribution in [0.15, 0.2) is 24.3 Å². The van der Waals surface area contributed by atoms with E-state index in [0.717, 1.165) is 31.9 Å². The van der Waals surface area contributed by atoms with Crippen LogP contribution in [0, 0.1) is 6.92 Å². The van der Waals surface area contributed by atoms with Gasteiger partial charge in [-0.15, -0.1) is 0 Å². The predicted molar refractivity (Wildman–Crippen MR) is 83.1 cm³/mol. The van der Waals surface area contributed by atoms with Crippen LogP contribution in [0.1, 0.15) is 19.4 Å². The first-order valence-corrected chi connectivity index (χ1v) is 7.23. The van der Waals surface area contributed by atoms with E-state index in [1.807, 2.05) is 52.1 Å². The number of carbonyl (C=O) groups excluding carboxylic acids is 1. The number of aryl methyl sites for hydroxylation is 1. The zero-order valence-electron chi connectivity index (χ0n) is 12.9. The Balaban J connectivity index is 2.16. The minimum Gasteiger partial charge on any atom is -0.314 e. The molecule has 0 saturated carbocycles. The smallest absolute Gasteiger partial charge is 0.246 e. The number of amides is 1. The number of anilines is 1. The standard InChI is InChI=1S/C16H25N3O/c1-13-6-5-7-14(12-13)18(4)15(20)16(2,3)19-10-8-17-9-11-19/h5-7,12,17H,8-11H2,1-4H3. The van der Waals surface area contributed by atoms with Crippen LogP contribution < -0.4 is 10.2 Å². The molecular weight excluding hydrogens is 250 g/mol. The van der Waals surface area contributed by atoms with Gasteiger partial charge in [-0.25, -0.2) is 0 Å². The Kier molecular flexibility index (Phi) is 4.45.